The fraction of sp³-hybridized carbons (Fsp3) is 0.308. The number of hydrogen-bond acceptors (Lipinski definition) is 3. The summed E-state index contributed by atoms with van der Waals surface area (Å²) in [5.74, 6) is -1.42. The summed E-state index contributed by atoms with van der Waals surface area (Å²) in [5.41, 5.74) is 2.55. The van der Waals surface area contributed by atoms with Gasteiger partial charge in [0.05, 0.1) is 0 Å². The van der Waals surface area contributed by atoms with Crippen molar-refractivity contribution in [3.8, 4) is 0 Å². The molecule has 0 aliphatic heterocycles. The van der Waals surface area contributed by atoms with E-state index < -0.39 is 11.9 Å². The van der Waals surface area contributed by atoms with Crippen LogP contribution in [0.15, 0.2) is 18.3 Å². The molecule has 3 rings (SSSR count). The lowest BCUT2D eigenvalue weighted by molar-refractivity contribution is 0.0689. The Labute approximate surface area is 108 Å². The number of aryl methyl sites for hydroxylation is 1. The molecule has 0 saturated heterocycles. The smallest absolute Gasteiger partial charge is 0.356 e. The van der Waals surface area contributed by atoms with E-state index in [4.69, 9.17) is 5.11 Å². The largest absolute Gasteiger partial charge is 0.476 e. The van der Waals surface area contributed by atoms with Gasteiger partial charge in [0.25, 0.3) is 0 Å². The highest BCUT2D eigenvalue weighted by Crippen LogP contribution is 2.33. The van der Waals surface area contributed by atoms with Crippen molar-refractivity contribution in [2.45, 2.75) is 25.2 Å². The average molecular weight is 261 g/mol. The summed E-state index contributed by atoms with van der Waals surface area (Å²) in [4.78, 5) is 14.6. The second-order valence-electron chi connectivity index (χ2n) is 4.69. The number of rotatable bonds is 2. The number of aromatic nitrogens is 3. The molecule has 1 aliphatic rings. The number of halogens is 1. The van der Waals surface area contributed by atoms with E-state index in [0.717, 1.165) is 29.7 Å². The van der Waals surface area contributed by atoms with Crippen LogP contribution in [0.1, 0.15) is 39.6 Å². The first kappa shape index (κ1) is 11.8. The highest BCUT2D eigenvalue weighted by molar-refractivity contribution is 5.87. The third-order valence-electron chi connectivity index (χ3n) is 3.57. The fourth-order valence-electron chi connectivity index (χ4n) is 2.63. The summed E-state index contributed by atoms with van der Waals surface area (Å²) >= 11 is 0. The van der Waals surface area contributed by atoms with E-state index in [-0.39, 0.29) is 11.6 Å². The summed E-state index contributed by atoms with van der Waals surface area (Å²) < 4.78 is 13.1. The summed E-state index contributed by atoms with van der Waals surface area (Å²) in [6.07, 6.45) is 3.58. The zero-order chi connectivity index (χ0) is 13.4. The molecule has 0 radical (unpaired) electrons. The van der Waals surface area contributed by atoms with Crippen LogP contribution in [-0.4, -0.2) is 26.3 Å². The minimum Gasteiger partial charge on any atom is -0.476 e. The Morgan fingerprint density at radius 3 is 3.11 bits per heavy atom. The van der Waals surface area contributed by atoms with Crippen LogP contribution in [0.5, 0.6) is 0 Å². The number of nitrogens with one attached hydrogen (secondary N) is 1. The molecule has 1 unspecified atom stereocenters. The van der Waals surface area contributed by atoms with E-state index in [2.05, 4.69) is 15.2 Å². The van der Waals surface area contributed by atoms with E-state index in [9.17, 15) is 9.18 Å². The van der Waals surface area contributed by atoms with Crippen LogP contribution < -0.4 is 0 Å². The monoisotopic (exact) mass is 261 g/mol. The lowest BCUT2D eigenvalue weighted by Gasteiger charge is -2.22. The number of carboxylic acids is 1. The van der Waals surface area contributed by atoms with Crippen molar-refractivity contribution in [2.75, 3.05) is 0 Å². The molecule has 0 spiro atoms. The van der Waals surface area contributed by atoms with E-state index in [1.807, 2.05) is 0 Å². The maximum atomic E-state index is 13.1. The number of aromatic carboxylic acids is 1. The van der Waals surface area contributed by atoms with E-state index in [1.54, 1.807) is 6.07 Å². The van der Waals surface area contributed by atoms with Gasteiger partial charge in [0.1, 0.15) is 0 Å². The van der Waals surface area contributed by atoms with Gasteiger partial charge in [0.15, 0.2) is 5.69 Å². The zero-order valence-corrected chi connectivity index (χ0v) is 10.1. The highest BCUT2D eigenvalue weighted by atomic mass is 19.1. The Morgan fingerprint density at radius 2 is 2.37 bits per heavy atom. The second-order valence-corrected chi connectivity index (χ2v) is 4.69. The molecule has 0 saturated carbocycles. The molecule has 6 heteroatoms. The molecule has 5 nitrogen and oxygen atoms in total. The van der Waals surface area contributed by atoms with E-state index in [1.165, 1.54) is 12.3 Å². The third-order valence-corrected chi connectivity index (χ3v) is 3.57. The second kappa shape index (κ2) is 4.46. The minimum absolute atomic E-state index is 0.0780. The molecule has 19 heavy (non-hydrogen) atoms. The van der Waals surface area contributed by atoms with Crippen LogP contribution in [0.3, 0.4) is 0 Å². The van der Waals surface area contributed by atoms with Gasteiger partial charge in [0, 0.05) is 17.5 Å². The SMILES string of the molecule is O=C(O)c1n[nH]c2c1CC(c1ccnc(F)c1)CC2. The normalized spacial score (nSPS) is 18.1. The molecule has 2 aromatic rings. The molecule has 2 aromatic heterocycles. The summed E-state index contributed by atoms with van der Waals surface area (Å²) in [7, 11) is 0. The van der Waals surface area contributed by atoms with Crippen molar-refractivity contribution in [2.24, 2.45) is 0 Å². The number of nitrogens with zero attached hydrogens (tertiary/aromatic N) is 2. The predicted octanol–water partition coefficient (Wildman–Crippen LogP) is 1.91. The van der Waals surface area contributed by atoms with Gasteiger partial charge < -0.3 is 5.11 Å². The number of hydrogen-bond donors (Lipinski definition) is 2. The quantitative estimate of drug-likeness (QED) is 0.809. The van der Waals surface area contributed by atoms with Crippen LogP contribution in [0.4, 0.5) is 4.39 Å². The number of pyridine rings is 1. The molecular formula is C13H12FN3O2. The summed E-state index contributed by atoms with van der Waals surface area (Å²) in [5, 5.41) is 15.7. The van der Waals surface area contributed by atoms with Gasteiger partial charge >= 0.3 is 5.97 Å². The number of H-pyrrole nitrogens is 1. The topological polar surface area (TPSA) is 78.9 Å². The summed E-state index contributed by atoms with van der Waals surface area (Å²) in [6.45, 7) is 0. The summed E-state index contributed by atoms with van der Waals surface area (Å²) in [6, 6.07) is 3.19. The molecular weight excluding hydrogens is 249 g/mol. The molecule has 1 aliphatic carbocycles. The van der Waals surface area contributed by atoms with E-state index >= 15 is 0 Å². The van der Waals surface area contributed by atoms with Crippen molar-refractivity contribution in [1.29, 1.82) is 0 Å². The molecule has 0 aromatic carbocycles. The molecule has 0 amide bonds. The van der Waals surface area contributed by atoms with Gasteiger partial charge in [-0.2, -0.15) is 9.49 Å². The number of carboxylic acid groups (broad SMARTS) is 1. The molecule has 98 valence electrons. The van der Waals surface area contributed by atoms with Crippen molar-refractivity contribution in [1.82, 2.24) is 15.2 Å². The predicted molar refractivity (Wildman–Crippen MR) is 64.5 cm³/mol. The first-order valence-corrected chi connectivity index (χ1v) is 6.06. The average Bonchev–Trinajstić information content (AvgIpc) is 2.81. The van der Waals surface area contributed by atoms with Gasteiger partial charge in [-0.3, -0.25) is 5.10 Å². The van der Waals surface area contributed by atoms with Crippen LogP contribution in [0, 0.1) is 5.95 Å². The van der Waals surface area contributed by atoms with Gasteiger partial charge in [-0.15, -0.1) is 0 Å². The Balaban J connectivity index is 1.93. The Morgan fingerprint density at radius 1 is 1.53 bits per heavy atom. The van der Waals surface area contributed by atoms with Crippen LogP contribution >= 0.6 is 0 Å². The van der Waals surface area contributed by atoms with Crippen molar-refractivity contribution < 1.29 is 14.3 Å². The first-order chi connectivity index (χ1) is 9.15. The van der Waals surface area contributed by atoms with Crippen molar-refractivity contribution in [3.63, 3.8) is 0 Å². The van der Waals surface area contributed by atoms with Crippen LogP contribution in [-0.2, 0) is 12.8 Å². The standard InChI is InChI=1S/C13H12FN3O2/c14-11-6-8(3-4-15-11)7-1-2-10-9(5-7)12(13(18)19)17-16-10/h3-4,6-7H,1-2,5H2,(H,16,17)(H,18,19). The lowest BCUT2D eigenvalue weighted by Crippen LogP contribution is -2.14. The minimum atomic E-state index is -1.03. The first-order valence-electron chi connectivity index (χ1n) is 6.06. The van der Waals surface area contributed by atoms with Gasteiger partial charge in [-0.25, -0.2) is 9.78 Å². The van der Waals surface area contributed by atoms with Gasteiger partial charge in [0.2, 0.25) is 5.95 Å². The van der Waals surface area contributed by atoms with Crippen molar-refractivity contribution >= 4 is 5.97 Å². The lowest BCUT2D eigenvalue weighted by atomic mass is 9.82. The Hall–Kier alpha value is -2.24. The van der Waals surface area contributed by atoms with Crippen LogP contribution in [0.25, 0.3) is 0 Å². The van der Waals surface area contributed by atoms with Gasteiger partial charge in [-0.1, -0.05) is 0 Å². The fourth-order valence-corrected chi connectivity index (χ4v) is 2.63. The van der Waals surface area contributed by atoms with E-state index in [0.29, 0.717) is 6.42 Å². The maximum absolute atomic E-state index is 13.1. The van der Waals surface area contributed by atoms with Crippen LogP contribution in [0.2, 0.25) is 0 Å². The number of fused-ring (bicyclic) bond motifs is 1. The Kier molecular flexibility index (Phi) is 2.77. The molecule has 0 bridgehead atoms. The Bertz CT molecular complexity index is 639. The highest BCUT2D eigenvalue weighted by Gasteiger charge is 2.27. The molecule has 0 fully saturated rings. The maximum Gasteiger partial charge on any atom is 0.356 e. The number of aromatic amines is 1. The molecule has 1 atom stereocenters. The molecule has 2 heterocycles. The third kappa shape index (κ3) is 2.09. The molecule has 2 N–H and O–H groups in total. The number of carbonyl (C=O) groups is 1. The zero-order valence-electron chi connectivity index (χ0n) is 10.1. The van der Waals surface area contributed by atoms with Gasteiger partial charge in [-0.05, 0) is 42.9 Å². The van der Waals surface area contributed by atoms with Crippen molar-refractivity contribution in [3.05, 3.63) is 46.8 Å².